The first kappa shape index (κ1) is 15.9. The van der Waals surface area contributed by atoms with Gasteiger partial charge in [0.1, 0.15) is 18.3 Å². The molecule has 0 N–H and O–H groups in total. The first-order chi connectivity index (χ1) is 10.7. The van der Waals surface area contributed by atoms with E-state index in [1.165, 1.54) is 12.5 Å². The molecule has 2 aliphatic heterocycles. The summed E-state index contributed by atoms with van der Waals surface area (Å²) in [5, 5.41) is 0. The summed E-state index contributed by atoms with van der Waals surface area (Å²) in [4.78, 5) is 11.4. The standard InChI is InChI=1S/C16H24O6/c1-3-19-12(17)8-7-11-13(18-2)14-15(20-11)22-16(21-14)9-5-4-6-10-16/h7-8,11,13-15H,3-6,9-10H2,1-2H3/b8-7+/t11-,13+,14-,15-/m1/s1. The maximum absolute atomic E-state index is 11.4. The lowest BCUT2D eigenvalue weighted by molar-refractivity contribution is -0.242. The largest absolute Gasteiger partial charge is 0.463 e. The minimum Gasteiger partial charge on any atom is -0.463 e. The second-order valence-electron chi connectivity index (χ2n) is 5.95. The van der Waals surface area contributed by atoms with E-state index in [4.69, 9.17) is 23.7 Å². The van der Waals surface area contributed by atoms with E-state index in [2.05, 4.69) is 0 Å². The Morgan fingerprint density at radius 2 is 2.05 bits per heavy atom. The minimum absolute atomic E-state index is 0.250. The maximum atomic E-state index is 11.4. The van der Waals surface area contributed by atoms with Crippen LogP contribution in [0.15, 0.2) is 12.2 Å². The Morgan fingerprint density at radius 1 is 1.27 bits per heavy atom. The van der Waals surface area contributed by atoms with E-state index >= 15 is 0 Å². The van der Waals surface area contributed by atoms with Gasteiger partial charge in [-0.25, -0.2) is 4.79 Å². The second-order valence-corrected chi connectivity index (χ2v) is 5.95. The number of ether oxygens (including phenoxy) is 5. The molecule has 22 heavy (non-hydrogen) atoms. The highest BCUT2D eigenvalue weighted by Crippen LogP contribution is 2.45. The van der Waals surface area contributed by atoms with E-state index in [0.717, 1.165) is 25.7 Å². The van der Waals surface area contributed by atoms with Gasteiger partial charge in [-0.1, -0.05) is 6.42 Å². The molecule has 1 spiro atoms. The third-order valence-corrected chi connectivity index (χ3v) is 4.49. The highest BCUT2D eigenvalue weighted by Gasteiger charge is 2.57. The molecule has 4 atom stereocenters. The van der Waals surface area contributed by atoms with Gasteiger partial charge in [0.2, 0.25) is 0 Å². The molecule has 0 aromatic carbocycles. The van der Waals surface area contributed by atoms with Gasteiger partial charge in [0, 0.05) is 26.0 Å². The van der Waals surface area contributed by atoms with Gasteiger partial charge in [-0.15, -0.1) is 0 Å². The molecule has 3 fully saturated rings. The quantitative estimate of drug-likeness (QED) is 0.584. The fraction of sp³-hybridized carbons (Fsp3) is 0.812. The molecule has 0 aromatic heterocycles. The lowest BCUT2D eigenvalue weighted by Crippen LogP contribution is -2.39. The van der Waals surface area contributed by atoms with Crippen LogP contribution in [0, 0.1) is 0 Å². The summed E-state index contributed by atoms with van der Waals surface area (Å²) in [6.07, 6.45) is 6.96. The van der Waals surface area contributed by atoms with Gasteiger partial charge in [0.05, 0.1) is 6.61 Å². The zero-order chi connectivity index (χ0) is 15.6. The number of methoxy groups -OCH3 is 1. The summed E-state index contributed by atoms with van der Waals surface area (Å²) in [6.45, 7) is 2.12. The molecule has 1 aliphatic carbocycles. The molecule has 124 valence electrons. The monoisotopic (exact) mass is 312 g/mol. The van der Waals surface area contributed by atoms with Crippen LogP contribution in [0.3, 0.4) is 0 Å². The van der Waals surface area contributed by atoms with Crippen LogP contribution in [0.2, 0.25) is 0 Å². The highest BCUT2D eigenvalue weighted by molar-refractivity contribution is 5.81. The number of hydrogen-bond acceptors (Lipinski definition) is 6. The minimum atomic E-state index is -0.500. The van der Waals surface area contributed by atoms with Crippen molar-refractivity contribution in [2.45, 2.75) is 69.4 Å². The fourth-order valence-electron chi connectivity index (χ4n) is 3.47. The van der Waals surface area contributed by atoms with Crippen molar-refractivity contribution in [1.82, 2.24) is 0 Å². The molecule has 0 aromatic rings. The Labute approximate surface area is 130 Å². The third-order valence-electron chi connectivity index (χ3n) is 4.49. The van der Waals surface area contributed by atoms with E-state index in [-0.39, 0.29) is 24.3 Å². The summed E-state index contributed by atoms with van der Waals surface area (Å²) in [5.74, 6) is -0.885. The van der Waals surface area contributed by atoms with Crippen molar-refractivity contribution in [3.63, 3.8) is 0 Å². The molecule has 3 aliphatic rings. The van der Waals surface area contributed by atoms with Crippen LogP contribution in [-0.2, 0) is 28.5 Å². The van der Waals surface area contributed by atoms with Crippen molar-refractivity contribution in [2.24, 2.45) is 0 Å². The lowest BCUT2D eigenvalue weighted by Gasteiger charge is -2.33. The van der Waals surface area contributed by atoms with Crippen molar-refractivity contribution in [1.29, 1.82) is 0 Å². The number of carbonyl (C=O) groups is 1. The van der Waals surface area contributed by atoms with Crippen LogP contribution in [0.1, 0.15) is 39.0 Å². The molecule has 0 bridgehead atoms. The van der Waals surface area contributed by atoms with Crippen LogP contribution >= 0.6 is 0 Å². The Bertz CT molecular complexity index is 428. The molecule has 0 amide bonds. The van der Waals surface area contributed by atoms with Gasteiger partial charge < -0.3 is 23.7 Å². The van der Waals surface area contributed by atoms with Crippen LogP contribution in [0.4, 0.5) is 0 Å². The predicted octanol–water partition coefficient (Wildman–Crippen LogP) is 1.92. The summed E-state index contributed by atoms with van der Waals surface area (Å²) in [5.41, 5.74) is 0. The molecular weight excluding hydrogens is 288 g/mol. The lowest BCUT2D eigenvalue weighted by atomic mass is 9.94. The average Bonchev–Trinajstić information content (AvgIpc) is 2.99. The number of rotatable bonds is 4. The van der Waals surface area contributed by atoms with Crippen LogP contribution < -0.4 is 0 Å². The molecule has 3 rings (SSSR count). The Morgan fingerprint density at radius 3 is 2.73 bits per heavy atom. The normalized spacial score (nSPS) is 36.8. The zero-order valence-corrected chi connectivity index (χ0v) is 13.2. The first-order valence-electron chi connectivity index (χ1n) is 8.06. The number of carbonyl (C=O) groups excluding carboxylic acids is 1. The zero-order valence-electron chi connectivity index (χ0n) is 13.2. The smallest absolute Gasteiger partial charge is 0.330 e. The predicted molar refractivity (Wildman–Crippen MR) is 77.0 cm³/mol. The second kappa shape index (κ2) is 6.66. The van der Waals surface area contributed by atoms with Gasteiger partial charge in [0.25, 0.3) is 0 Å². The van der Waals surface area contributed by atoms with Crippen molar-refractivity contribution in [3.8, 4) is 0 Å². The Hall–Kier alpha value is -0.950. The van der Waals surface area contributed by atoms with Crippen LogP contribution in [-0.4, -0.2) is 50.1 Å². The van der Waals surface area contributed by atoms with Crippen molar-refractivity contribution in [2.75, 3.05) is 13.7 Å². The van der Waals surface area contributed by atoms with E-state index in [0.29, 0.717) is 6.61 Å². The molecule has 0 unspecified atom stereocenters. The summed E-state index contributed by atoms with van der Waals surface area (Å²) < 4.78 is 28.5. The number of fused-ring (bicyclic) bond motifs is 1. The van der Waals surface area contributed by atoms with Crippen LogP contribution in [0.25, 0.3) is 0 Å². The fourth-order valence-corrected chi connectivity index (χ4v) is 3.47. The Kier molecular flexibility index (Phi) is 4.82. The van der Waals surface area contributed by atoms with E-state index < -0.39 is 12.1 Å². The van der Waals surface area contributed by atoms with Crippen molar-refractivity contribution >= 4 is 5.97 Å². The molecule has 0 radical (unpaired) electrons. The summed E-state index contributed by atoms with van der Waals surface area (Å²) >= 11 is 0. The van der Waals surface area contributed by atoms with E-state index in [9.17, 15) is 4.79 Å². The summed E-state index contributed by atoms with van der Waals surface area (Å²) in [6, 6.07) is 0. The highest BCUT2D eigenvalue weighted by atomic mass is 16.8. The van der Waals surface area contributed by atoms with E-state index in [1.54, 1.807) is 20.1 Å². The molecule has 6 heteroatoms. The van der Waals surface area contributed by atoms with Gasteiger partial charge in [-0.2, -0.15) is 0 Å². The summed E-state index contributed by atoms with van der Waals surface area (Å²) in [7, 11) is 1.62. The molecule has 2 heterocycles. The van der Waals surface area contributed by atoms with Gasteiger partial charge in [-0.05, 0) is 25.8 Å². The van der Waals surface area contributed by atoms with Crippen molar-refractivity contribution < 1.29 is 28.5 Å². The van der Waals surface area contributed by atoms with E-state index in [1.807, 2.05) is 0 Å². The first-order valence-corrected chi connectivity index (χ1v) is 8.06. The third kappa shape index (κ3) is 3.06. The van der Waals surface area contributed by atoms with Gasteiger partial charge in [-0.3, -0.25) is 0 Å². The average molecular weight is 312 g/mol. The van der Waals surface area contributed by atoms with Crippen molar-refractivity contribution in [3.05, 3.63) is 12.2 Å². The molecular formula is C16H24O6. The van der Waals surface area contributed by atoms with Gasteiger partial charge >= 0.3 is 5.97 Å². The van der Waals surface area contributed by atoms with Gasteiger partial charge in [0.15, 0.2) is 12.1 Å². The SMILES string of the molecule is CCOC(=O)/C=C/[C@H]1O[C@@H]2OC3(CCCCC3)O[C@@H]2[C@H]1OC. The molecule has 1 saturated carbocycles. The maximum Gasteiger partial charge on any atom is 0.330 e. The topological polar surface area (TPSA) is 63.2 Å². The van der Waals surface area contributed by atoms with Crippen LogP contribution in [0.5, 0.6) is 0 Å². The number of hydrogen-bond donors (Lipinski definition) is 0. The molecule has 6 nitrogen and oxygen atoms in total. The molecule has 2 saturated heterocycles. The Balaban J connectivity index is 1.64. The number of esters is 1.